The third kappa shape index (κ3) is 5.22. The zero-order valence-corrected chi connectivity index (χ0v) is 17.1. The Morgan fingerprint density at radius 2 is 1.77 bits per heavy atom. The summed E-state index contributed by atoms with van der Waals surface area (Å²) in [5.74, 6) is -0.251. The predicted molar refractivity (Wildman–Crippen MR) is 113 cm³/mol. The van der Waals surface area contributed by atoms with Gasteiger partial charge in [0, 0.05) is 12.6 Å². The number of benzene rings is 2. The molecule has 0 spiro atoms. The molecule has 8 heteroatoms. The summed E-state index contributed by atoms with van der Waals surface area (Å²) in [4.78, 5) is 43.3. The average Bonchev–Trinajstić information content (AvgIpc) is 2.72. The highest BCUT2D eigenvalue weighted by Gasteiger charge is 2.17. The van der Waals surface area contributed by atoms with Crippen LogP contribution in [0.4, 0.5) is 4.79 Å². The average molecular weight is 408 g/mol. The van der Waals surface area contributed by atoms with E-state index in [4.69, 9.17) is 4.74 Å². The third-order valence-electron chi connectivity index (χ3n) is 4.36. The number of nitrogens with one attached hydrogen (secondary N) is 3. The normalized spacial score (nSPS) is 11.9. The van der Waals surface area contributed by atoms with E-state index < -0.39 is 12.1 Å². The molecule has 30 heavy (non-hydrogen) atoms. The molecule has 1 atom stereocenters. The van der Waals surface area contributed by atoms with Gasteiger partial charge in [0.05, 0.1) is 16.5 Å². The largest absolute Gasteiger partial charge is 0.451 e. The van der Waals surface area contributed by atoms with Crippen molar-refractivity contribution in [3.05, 3.63) is 75.8 Å². The van der Waals surface area contributed by atoms with Crippen LogP contribution in [0.3, 0.4) is 0 Å². The van der Waals surface area contributed by atoms with E-state index in [0.29, 0.717) is 23.0 Å². The first-order chi connectivity index (χ1) is 14.3. The number of para-hydroxylation sites is 1. The molecule has 2 aromatic carbocycles. The summed E-state index contributed by atoms with van der Waals surface area (Å²) in [6.45, 7) is 5.75. The first kappa shape index (κ1) is 21.0. The standard InChI is InChI=1S/C22H24N4O4/c1-13(2)24-22(29)23-12-15-8-10-16(11-9-15)21(28)30-14(3)19-25-18-7-5-4-6-17(18)20(27)26-19/h4-11,13-14H,12H2,1-3H3,(H2,23,24,29)(H,25,26,27). The molecule has 1 unspecified atom stereocenters. The maximum absolute atomic E-state index is 12.5. The van der Waals surface area contributed by atoms with Crippen LogP contribution in [0.25, 0.3) is 10.9 Å². The molecule has 0 fully saturated rings. The van der Waals surface area contributed by atoms with Crippen LogP contribution in [-0.4, -0.2) is 28.0 Å². The molecule has 0 saturated heterocycles. The minimum atomic E-state index is -0.726. The molecule has 1 heterocycles. The third-order valence-corrected chi connectivity index (χ3v) is 4.36. The summed E-state index contributed by atoms with van der Waals surface area (Å²) < 4.78 is 5.46. The highest BCUT2D eigenvalue weighted by Crippen LogP contribution is 2.17. The van der Waals surface area contributed by atoms with Gasteiger partial charge in [0.25, 0.3) is 5.56 Å². The van der Waals surface area contributed by atoms with Crippen LogP contribution in [0.2, 0.25) is 0 Å². The highest BCUT2D eigenvalue weighted by atomic mass is 16.5. The topological polar surface area (TPSA) is 113 Å². The Balaban J connectivity index is 1.63. The minimum Gasteiger partial charge on any atom is -0.451 e. The Morgan fingerprint density at radius 3 is 2.47 bits per heavy atom. The van der Waals surface area contributed by atoms with Gasteiger partial charge in [-0.25, -0.2) is 14.6 Å². The number of carbonyl (C=O) groups excluding carboxylic acids is 2. The maximum atomic E-state index is 12.5. The van der Waals surface area contributed by atoms with Crippen molar-refractivity contribution in [2.45, 2.75) is 39.5 Å². The molecule has 3 rings (SSSR count). The first-order valence-electron chi connectivity index (χ1n) is 9.66. The summed E-state index contributed by atoms with van der Waals surface area (Å²) in [5.41, 5.74) is 1.47. The van der Waals surface area contributed by atoms with Gasteiger partial charge in [0.2, 0.25) is 0 Å². The number of esters is 1. The fourth-order valence-corrected chi connectivity index (χ4v) is 2.84. The zero-order valence-electron chi connectivity index (χ0n) is 17.1. The molecule has 1 aromatic heterocycles. The van der Waals surface area contributed by atoms with Gasteiger partial charge in [-0.05, 0) is 50.6 Å². The molecule has 3 aromatic rings. The summed E-state index contributed by atoms with van der Waals surface area (Å²) in [6, 6.07) is 13.5. The Labute approximate surface area is 173 Å². The van der Waals surface area contributed by atoms with Crippen molar-refractivity contribution in [1.82, 2.24) is 20.6 Å². The number of nitrogens with zero attached hydrogens (tertiary/aromatic N) is 1. The Hall–Kier alpha value is -3.68. The van der Waals surface area contributed by atoms with Crippen LogP contribution in [0, 0.1) is 0 Å². The zero-order chi connectivity index (χ0) is 21.7. The van der Waals surface area contributed by atoms with Crippen LogP contribution in [0.1, 0.15) is 48.6 Å². The molecule has 0 aliphatic heterocycles. The number of fused-ring (bicyclic) bond motifs is 1. The Bertz CT molecular complexity index is 1110. The Kier molecular flexibility index (Phi) is 6.46. The SMILES string of the molecule is CC(C)NC(=O)NCc1ccc(C(=O)OC(C)c2nc3ccccc3c(=O)[nH]2)cc1. The van der Waals surface area contributed by atoms with Gasteiger partial charge in [0.1, 0.15) is 0 Å². The number of ether oxygens (including phenoxy) is 1. The van der Waals surface area contributed by atoms with Gasteiger partial charge in [0.15, 0.2) is 11.9 Å². The fraction of sp³-hybridized carbons (Fsp3) is 0.273. The number of carbonyl (C=O) groups is 2. The molecule has 0 radical (unpaired) electrons. The van der Waals surface area contributed by atoms with Crippen LogP contribution in [0.15, 0.2) is 53.3 Å². The number of hydrogen-bond donors (Lipinski definition) is 3. The Morgan fingerprint density at radius 1 is 1.07 bits per heavy atom. The molecule has 0 aliphatic carbocycles. The number of H-pyrrole nitrogens is 1. The van der Waals surface area contributed by atoms with Crippen molar-refractivity contribution in [2.24, 2.45) is 0 Å². The minimum absolute atomic E-state index is 0.0520. The van der Waals surface area contributed by atoms with Crippen LogP contribution >= 0.6 is 0 Å². The van der Waals surface area contributed by atoms with E-state index in [2.05, 4.69) is 20.6 Å². The predicted octanol–water partition coefficient (Wildman–Crippen LogP) is 3.05. The number of aromatic nitrogens is 2. The fourth-order valence-electron chi connectivity index (χ4n) is 2.84. The van der Waals surface area contributed by atoms with Crippen molar-refractivity contribution in [3.63, 3.8) is 0 Å². The lowest BCUT2D eigenvalue weighted by Crippen LogP contribution is -2.39. The lowest BCUT2D eigenvalue weighted by atomic mass is 10.1. The van der Waals surface area contributed by atoms with Crippen molar-refractivity contribution in [3.8, 4) is 0 Å². The van der Waals surface area contributed by atoms with Gasteiger partial charge < -0.3 is 20.4 Å². The second-order valence-corrected chi connectivity index (χ2v) is 7.19. The van der Waals surface area contributed by atoms with E-state index in [-0.39, 0.29) is 23.5 Å². The number of urea groups is 1. The summed E-state index contributed by atoms with van der Waals surface area (Å²) in [6.07, 6.45) is -0.726. The number of aromatic amines is 1. The van der Waals surface area contributed by atoms with Gasteiger partial charge in [-0.1, -0.05) is 24.3 Å². The molecule has 3 N–H and O–H groups in total. The molecule has 0 aliphatic rings. The second-order valence-electron chi connectivity index (χ2n) is 7.19. The maximum Gasteiger partial charge on any atom is 0.338 e. The van der Waals surface area contributed by atoms with Crippen molar-refractivity contribution in [1.29, 1.82) is 0 Å². The first-order valence-corrected chi connectivity index (χ1v) is 9.66. The molecular formula is C22H24N4O4. The number of amides is 2. The molecule has 8 nitrogen and oxygen atoms in total. The quantitative estimate of drug-likeness (QED) is 0.543. The van der Waals surface area contributed by atoms with Gasteiger partial charge in [-0.3, -0.25) is 4.79 Å². The lowest BCUT2D eigenvalue weighted by Gasteiger charge is -2.13. The van der Waals surface area contributed by atoms with Crippen LogP contribution < -0.4 is 16.2 Å². The van der Waals surface area contributed by atoms with Crippen LogP contribution in [-0.2, 0) is 11.3 Å². The number of rotatable bonds is 6. The number of hydrogen-bond acceptors (Lipinski definition) is 5. The smallest absolute Gasteiger partial charge is 0.338 e. The summed E-state index contributed by atoms with van der Waals surface area (Å²) >= 11 is 0. The van der Waals surface area contributed by atoms with E-state index in [0.717, 1.165) is 5.56 Å². The van der Waals surface area contributed by atoms with Crippen molar-refractivity contribution >= 4 is 22.9 Å². The second kappa shape index (κ2) is 9.21. The summed E-state index contributed by atoms with van der Waals surface area (Å²) in [5, 5.41) is 5.96. The van der Waals surface area contributed by atoms with E-state index in [1.807, 2.05) is 13.8 Å². The van der Waals surface area contributed by atoms with E-state index in [1.54, 1.807) is 55.5 Å². The molecule has 0 saturated carbocycles. The molecule has 0 bridgehead atoms. The monoisotopic (exact) mass is 408 g/mol. The van der Waals surface area contributed by atoms with Gasteiger partial charge >= 0.3 is 12.0 Å². The highest BCUT2D eigenvalue weighted by molar-refractivity contribution is 5.89. The van der Waals surface area contributed by atoms with Crippen molar-refractivity contribution in [2.75, 3.05) is 0 Å². The lowest BCUT2D eigenvalue weighted by molar-refractivity contribution is 0.0320. The van der Waals surface area contributed by atoms with Crippen LogP contribution in [0.5, 0.6) is 0 Å². The molecule has 156 valence electrons. The molecule has 2 amide bonds. The molecular weight excluding hydrogens is 384 g/mol. The van der Waals surface area contributed by atoms with Gasteiger partial charge in [-0.2, -0.15) is 0 Å². The summed E-state index contributed by atoms with van der Waals surface area (Å²) in [7, 11) is 0. The van der Waals surface area contributed by atoms with E-state index in [9.17, 15) is 14.4 Å². The van der Waals surface area contributed by atoms with Crippen molar-refractivity contribution < 1.29 is 14.3 Å². The van der Waals surface area contributed by atoms with E-state index in [1.165, 1.54) is 0 Å². The van der Waals surface area contributed by atoms with E-state index >= 15 is 0 Å². The van der Waals surface area contributed by atoms with Gasteiger partial charge in [-0.15, -0.1) is 0 Å².